The maximum Gasteiger partial charge on any atom is 0.136 e. The summed E-state index contributed by atoms with van der Waals surface area (Å²) in [6.07, 6.45) is 1.66. The first kappa shape index (κ1) is 12.2. The fraction of sp³-hybridized carbons (Fsp3) is 0.222. The van der Waals surface area contributed by atoms with Gasteiger partial charge >= 0.3 is 0 Å². The zero-order valence-electron chi connectivity index (χ0n) is 8.25. The molecule has 0 spiro atoms. The molecule has 0 aromatic carbocycles. The minimum Gasteiger partial charge on any atom is -0.383 e. The second kappa shape index (κ2) is 4.56. The Balaban J connectivity index is 2.42. The van der Waals surface area contributed by atoms with Crippen LogP contribution in [0.1, 0.15) is 18.5 Å². The van der Waals surface area contributed by atoms with E-state index < -0.39 is 0 Å². The Morgan fingerprint density at radius 2 is 2.25 bits per heavy atom. The van der Waals surface area contributed by atoms with E-state index in [2.05, 4.69) is 21.0 Å². The Bertz CT molecular complexity index is 521. The van der Waals surface area contributed by atoms with E-state index >= 15 is 0 Å². The van der Waals surface area contributed by atoms with E-state index in [9.17, 15) is 0 Å². The first-order chi connectivity index (χ1) is 7.50. The quantitative estimate of drug-likeness (QED) is 0.890. The van der Waals surface area contributed by atoms with Crippen molar-refractivity contribution in [1.29, 1.82) is 0 Å². The number of aromatic nitrogens is 2. The summed E-state index contributed by atoms with van der Waals surface area (Å²) in [4.78, 5) is 0. The molecule has 0 amide bonds. The Kier molecular flexibility index (Phi) is 3.49. The van der Waals surface area contributed by atoms with Gasteiger partial charge in [-0.15, -0.1) is 11.3 Å². The molecule has 86 valence electrons. The van der Waals surface area contributed by atoms with Crippen LogP contribution in [0.3, 0.4) is 0 Å². The van der Waals surface area contributed by atoms with Crippen molar-refractivity contribution < 1.29 is 0 Å². The van der Waals surface area contributed by atoms with Crippen LogP contribution >= 0.6 is 50.5 Å². The standard InChI is InChI=1S/C9H8BrCl2N3S/c1-4(5-2-7(11)16-8(5)12)15-9(13)6(10)3-14-15/h2-4H,13H2,1H3. The lowest BCUT2D eigenvalue weighted by Gasteiger charge is -2.13. The van der Waals surface area contributed by atoms with E-state index in [0.29, 0.717) is 14.5 Å². The molecule has 2 N–H and O–H groups in total. The van der Waals surface area contributed by atoms with Gasteiger partial charge in [0, 0.05) is 5.56 Å². The van der Waals surface area contributed by atoms with Crippen LogP contribution in [0.25, 0.3) is 0 Å². The molecule has 1 unspecified atom stereocenters. The van der Waals surface area contributed by atoms with Crippen molar-refractivity contribution in [2.45, 2.75) is 13.0 Å². The minimum atomic E-state index is -0.0393. The summed E-state index contributed by atoms with van der Waals surface area (Å²) in [5.41, 5.74) is 6.81. The molecule has 0 saturated carbocycles. The molecule has 0 aliphatic heterocycles. The zero-order chi connectivity index (χ0) is 11.9. The summed E-state index contributed by atoms with van der Waals surface area (Å²) < 4.78 is 3.81. The maximum atomic E-state index is 6.09. The highest BCUT2D eigenvalue weighted by atomic mass is 79.9. The van der Waals surface area contributed by atoms with Crippen molar-refractivity contribution in [3.63, 3.8) is 0 Å². The highest BCUT2D eigenvalue weighted by Crippen LogP contribution is 2.37. The molecule has 0 aliphatic carbocycles. The number of anilines is 1. The van der Waals surface area contributed by atoms with Crippen LogP contribution in [-0.2, 0) is 0 Å². The van der Waals surface area contributed by atoms with Gasteiger partial charge in [0.1, 0.15) is 5.82 Å². The smallest absolute Gasteiger partial charge is 0.136 e. The Morgan fingerprint density at radius 1 is 1.56 bits per heavy atom. The lowest BCUT2D eigenvalue weighted by Crippen LogP contribution is -2.11. The van der Waals surface area contributed by atoms with Gasteiger partial charge in [-0.3, -0.25) is 0 Å². The van der Waals surface area contributed by atoms with Crippen molar-refractivity contribution in [2.75, 3.05) is 5.73 Å². The SMILES string of the molecule is CC(c1cc(Cl)sc1Cl)n1ncc(Br)c1N. The molecule has 2 heterocycles. The number of nitrogen functional groups attached to an aromatic ring is 1. The van der Waals surface area contributed by atoms with Crippen LogP contribution in [0.2, 0.25) is 8.67 Å². The van der Waals surface area contributed by atoms with Gasteiger partial charge in [-0.05, 0) is 28.9 Å². The lowest BCUT2D eigenvalue weighted by atomic mass is 10.2. The van der Waals surface area contributed by atoms with Crippen molar-refractivity contribution in [3.05, 3.63) is 31.0 Å². The van der Waals surface area contributed by atoms with Gasteiger partial charge in [-0.2, -0.15) is 5.10 Å². The number of halogens is 3. The topological polar surface area (TPSA) is 43.8 Å². The number of hydrogen-bond donors (Lipinski definition) is 1. The second-order valence-electron chi connectivity index (χ2n) is 3.28. The molecule has 0 aliphatic rings. The van der Waals surface area contributed by atoms with E-state index in [1.807, 2.05) is 13.0 Å². The Hall–Kier alpha value is -0.230. The van der Waals surface area contributed by atoms with Crippen LogP contribution in [0.5, 0.6) is 0 Å². The molecule has 0 saturated heterocycles. The number of rotatable bonds is 2. The molecule has 16 heavy (non-hydrogen) atoms. The van der Waals surface area contributed by atoms with Crippen LogP contribution < -0.4 is 5.73 Å². The molecule has 1 atom stereocenters. The summed E-state index contributed by atoms with van der Waals surface area (Å²) in [5, 5.41) is 4.19. The highest BCUT2D eigenvalue weighted by Gasteiger charge is 2.18. The fourth-order valence-electron chi connectivity index (χ4n) is 1.43. The van der Waals surface area contributed by atoms with Crippen molar-refractivity contribution in [2.24, 2.45) is 0 Å². The largest absolute Gasteiger partial charge is 0.383 e. The average molecular weight is 341 g/mol. The molecule has 0 fully saturated rings. The molecule has 0 radical (unpaired) electrons. The van der Waals surface area contributed by atoms with Crippen LogP contribution in [-0.4, -0.2) is 9.78 Å². The highest BCUT2D eigenvalue weighted by molar-refractivity contribution is 9.10. The summed E-state index contributed by atoms with van der Waals surface area (Å²) in [7, 11) is 0. The fourth-order valence-corrected chi connectivity index (χ4v) is 3.34. The van der Waals surface area contributed by atoms with E-state index in [-0.39, 0.29) is 6.04 Å². The van der Waals surface area contributed by atoms with Gasteiger partial charge in [-0.1, -0.05) is 23.2 Å². The van der Waals surface area contributed by atoms with Crippen LogP contribution in [0.4, 0.5) is 5.82 Å². The van der Waals surface area contributed by atoms with E-state index in [1.165, 1.54) is 11.3 Å². The van der Waals surface area contributed by atoms with Crippen LogP contribution in [0.15, 0.2) is 16.7 Å². The molecular weight excluding hydrogens is 333 g/mol. The zero-order valence-corrected chi connectivity index (χ0v) is 12.2. The van der Waals surface area contributed by atoms with Gasteiger partial charge in [-0.25, -0.2) is 4.68 Å². The first-order valence-corrected chi connectivity index (χ1v) is 6.80. The molecule has 2 aromatic heterocycles. The number of nitrogens with zero attached hydrogens (tertiary/aromatic N) is 2. The molecule has 7 heteroatoms. The summed E-state index contributed by atoms with van der Waals surface area (Å²) >= 11 is 16.7. The second-order valence-corrected chi connectivity index (χ2v) is 6.42. The summed E-state index contributed by atoms with van der Waals surface area (Å²) in [6.45, 7) is 1.97. The third-order valence-electron chi connectivity index (χ3n) is 2.29. The normalized spacial score (nSPS) is 13.0. The molecule has 0 bridgehead atoms. The predicted molar refractivity (Wildman–Crippen MR) is 72.5 cm³/mol. The molecular formula is C9H8BrCl2N3S. The Labute approximate surface area is 115 Å². The first-order valence-electron chi connectivity index (χ1n) is 4.44. The van der Waals surface area contributed by atoms with Gasteiger partial charge < -0.3 is 5.73 Å². The molecule has 2 aromatic rings. The summed E-state index contributed by atoms with van der Waals surface area (Å²) in [5.74, 6) is 0.575. The van der Waals surface area contributed by atoms with Crippen LogP contribution in [0, 0.1) is 0 Å². The van der Waals surface area contributed by atoms with E-state index in [1.54, 1.807) is 10.9 Å². The molecule has 2 rings (SSSR count). The van der Waals surface area contributed by atoms with Gasteiger partial charge in [0.15, 0.2) is 0 Å². The van der Waals surface area contributed by atoms with Gasteiger partial charge in [0.2, 0.25) is 0 Å². The Morgan fingerprint density at radius 3 is 2.69 bits per heavy atom. The maximum absolute atomic E-state index is 6.09. The number of hydrogen-bond acceptors (Lipinski definition) is 3. The summed E-state index contributed by atoms with van der Waals surface area (Å²) in [6, 6.07) is 1.80. The van der Waals surface area contributed by atoms with Gasteiger partial charge in [0.05, 0.1) is 25.4 Å². The third-order valence-corrected chi connectivity index (χ3v) is 4.42. The molecule has 3 nitrogen and oxygen atoms in total. The van der Waals surface area contributed by atoms with Crippen molar-refractivity contribution in [3.8, 4) is 0 Å². The van der Waals surface area contributed by atoms with Crippen molar-refractivity contribution >= 4 is 56.3 Å². The van der Waals surface area contributed by atoms with E-state index in [4.69, 9.17) is 28.9 Å². The third kappa shape index (κ3) is 2.09. The van der Waals surface area contributed by atoms with E-state index in [0.717, 1.165) is 10.0 Å². The average Bonchev–Trinajstić information content (AvgIpc) is 2.71. The number of nitrogens with two attached hydrogens (primary N) is 1. The monoisotopic (exact) mass is 339 g/mol. The minimum absolute atomic E-state index is 0.0393. The predicted octanol–water partition coefficient (Wildman–Crippen LogP) is 4.21. The van der Waals surface area contributed by atoms with Gasteiger partial charge in [0.25, 0.3) is 0 Å². The lowest BCUT2D eigenvalue weighted by molar-refractivity contribution is 0.574. The number of thiophene rings is 1. The van der Waals surface area contributed by atoms with Crippen molar-refractivity contribution in [1.82, 2.24) is 9.78 Å².